The molecule has 1 aliphatic heterocycles. The molecule has 1 heterocycles. The molecular formula is C34H52O10. The first-order chi connectivity index (χ1) is 20.4. The number of ketones is 1. The van der Waals surface area contributed by atoms with Gasteiger partial charge in [-0.1, -0.05) is 31.6 Å². The number of aliphatic hydroxyl groups excluding tert-OH is 5. The average Bonchev–Trinajstić information content (AvgIpc) is 3.29. The second-order valence-electron chi connectivity index (χ2n) is 15.3. The Labute approximate surface area is 260 Å². The molecule has 0 aromatic rings. The average molecular weight is 621 g/mol. The Morgan fingerprint density at radius 3 is 2.39 bits per heavy atom. The first kappa shape index (κ1) is 33.9. The highest BCUT2D eigenvalue weighted by atomic mass is 16.7. The first-order valence-corrected chi connectivity index (χ1v) is 16.1. The summed E-state index contributed by atoms with van der Waals surface area (Å²) in [7, 11) is 0. The maximum absolute atomic E-state index is 12.2. The van der Waals surface area contributed by atoms with Gasteiger partial charge in [-0.25, -0.2) is 0 Å². The van der Waals surface area contributed by atoms with E-state index in [2.05, 4.69) is 19.9 Å². The topological polar surface area (TPSA) is 177 Å². The highest BCUT2D eigenvalue weighted by Gasteiger charge is 2.60. The van der Waals surface area contributed by atoms with Crippen molar-refractivity contribution in [2.75, 3.05) is 6.61 Å². The van der Waals surface area contributed by atoms with Gasteiger partial charge in [0.2, 0.25) is 0 Å². The van der Waals surface area contributed by atoms with Crippen LogP contribution < -0.4 is 0 Å². The predicted octanol–water partition coefficient (Wildman–Crippen LogP) is 1.53. The minimum atomic E-state index is -1.61. The van der Waals surface area contributed by atoms with E-state index in [1.165, 1.54) is 26.3 Å². The van der Waals surface area contributed by atoms with Gasteiger partial charge >= 0.3 is 0 Å². The predicted molar refractivity (Wildman–Crippen MR) is 161 cm³/mol. The lowest BCUT2D eigenvalue weighted by molar-refractivity contribution is -0.320. The molecular weight excluding hydrogens is 568 g/mol. The lowest BCUT2D eigenvalue weighted by atomic mass is 9.50. The van der Waals surface area contributed by atoms with Crippen molar-refractivity contribution >= 4 is 5.78 Å². The van der Waals surface area contributed by atoms with Crippen LogP contribution in [-0.4, -0.2) is 102 Å². The summed E-state index contributed by atoms with van der Waals surface area (Å²) in [4.78, 5) is 12.2. The molecule has 10 nitrogen and oxygen atoms in total. The Balaban J connectivity index is 1.46. The van der Waals surface area contributed by atoms with E-state index >= 15 is 0 Å². The molecule has 0 aromatic heterocycles. The van der Waals surface area contributed by atoms with Crippen LogP contribution in [0.15, 0.2) is 35.5 Å². The van der Waals surface area contributed by atoms with E-state index in [1.54, 1.807) is 12.2 Å². The molecule has 0 aromatic carbocycles. The van der Waals surface area contributed by atoms with Gasteiger partial charge in [0.25, 0.3) is 0 Å². The van der Waals surface area contributed by atoms with E-state index < -0.39 is 66.1 Å². The van der Waals surface area contributed by atoms with Gasteiger partial charge in [-0.3, -0.25) is 4.79 Å². The SMILES string of the molecule is C[C@@H]([C@H]1CC[C@H]2[C@H]3C(=CC[C@]12C)[C@@]1(C)C=CC(=O)C=C1C[C@H]3O)[C@@H](C[C@@](C)(O)C(C)(C)O)O[C@@H]1O[C@H](CO)[C@@H](O)[C@H](O)[C@H]1O. The summed E-state index contributed by atoms with van der Waals surface area (Å²) < 4.78 is 12.1. The van der Waals surface area contributed by atoms with Crippen molar-refractivity contribution in [2.24, 2.45) is 34.5 Å². The number of rotatable bonds is 8. The summed E-state index contributed by atoms with van der Waals surface area (Å²) >= 11 is 0. The lowest BCUT2D eigenvalue weighted by Crippen LogP contribution is -2.60. The third kappa shape index (κ3) is 5.48. The number of allylic oxidation sites excluding steroid dienone is 4. The third-order valence-corrected chi connectivity index (χ3v) is 12.3. The molecule has 5 rings (SSSR count). The van der Waals surface area contributed by atoms with Crippen LogP contribution in [0.4, 0.5) is 0 Å². The van der Waals surface area contributed by atoms with Gasteiger partial charge in [-0.15, -0.1) is 0 Å². The fourth-order valence-corrected chi connectivity index (χ4v) is 9.01. The van der Waals surface area contributed by atoms with E-state index in [0.717, 1.165) is 24.8 Å². The Morgan fingerprint density at radius 1 is 1.07 bits per heavy atom. The minimum Gasteiger partial charge on any atom is -0.394 e. The molecule has 14 atom stereocenters. The Hall–Kier alpha value is -1.47. The zero-order valence-electron chi connectivity index (χ0n) is 26.8. The summed E-state index contributed by atoms with van der Waals surface area (Å²) in [6, 6.07) is 0. The van der Waals surface area contributed by atoms with Crippen molar-refractivity contribution in [3.8, 4) is 0 Å². The molecule has 10 heteroatoms. The number of fused-ring (bicyclic) bond motifs is 5. The Kier molecular flexibility index (Phi) is 8.97. The monoisotopic (exact) mass is 620 g/mol. The maximum atomic E-state index is 12.2. The molecule has 7 N–H and O–H groups in total. The largest absolute Gasteiger partial charge is 0.394 e. The zero-order valence-corrected chi connectivity index (χ0v) is 26.8. The van der Waals surface area contributed by atoms with Gasteiger partial charge in [0, 0.05) is 17.8 Å². The van der Waals surface area contributed by atoms with Gasteiger partial charge in [0.1, 0.15) is 24.4 Å². The van der Waals surface area contributed by atoms with Crippen molar-refractivity contribution in [1.29, 1.82) is 0 Å². The third-order valence-electron chi connectivity index (χ3n) is 12.3. The fourth-order valence-electron chi connectivity index (χ4n) is 9.01. The summed E-state index contributed by atoms with van der Waals surface area (Å²) in [5, 5.41) is 75.0. The number of aliphatic hydroxyl groups is 7. The molecule has 248 valence electrons. The van der Waals surface area contributed by atoms with Crippen molar-refractivity contribution in [2.45, 2.75) is 128 Å². The van der Waals surface area contributed by atoms with Crippen LogP contribution in [0, 0.1) is 34.5 Å². The van der Waals surface area contributed by atoms with E-state index in [-0.39, 0.29) is 41.3 Å². The second kappa shape index (κ2) is 11.6. The Morgan fingerprint density at radius 2 is 1.75 bits per heavy atom. The highest BCUT2D eigenvalue weighted by Crippen LogP contribution is 2.65. The van der Waals surface area contributed by atoms with E-state index in [1.807, 2.05) is 13.0 Å². The van der Waals surface area contributed by atoms with Crippen LogP contribution in [0.5, 0.6) is 0 Å². The minimum absolute atomic E-state index is 0.0118. The lowest BCUT2D eigenvalue weighted by Gasteiger charge is -2.55. The van der Waals surface area contributed by atoms with Crippen LogP contribution in [0.25, 0.3) is 0 Å². The van der Waals surface area contributed by atoms with Crippen molar-refractivity contribution in [1.82, 2.24) is 0 Å². The molecule has 0 unspecified atom stereocenters. The van der Waals surface area contributed by atoms with Crippen molar-refractivity contribution < 1.29 is 50.0 Å². The van der Waals surface area contributed by atoms with Crippen LogP contribution in [-0.2, 0) is 14.3 Å². The van der Waals surface area contributed by atoms with Crippen molar-refractivity contribution in [3.05, 3.63) is 35.5 Å². The second-order valence-corrected chi connectivity index (χ2v) is 15.3. The molecule has 4 aliphatic carbocycles. The van der Waals surface area contributed by atoms with Gasteiger partial charge in [0.05, 0.1) is 30.0 Å². The molecule has 0 amide bonds. The first-order valence-electron chi connectivity index (χ1n) is 16.1. The number of ether oxygens (including phenoxy) is 2. The van der Waals surface area contributed by atoms with Gasteiger partial charge in [-0.05, 0) is 94.3 Å². The van der Waals surface area contributed by atoms with Gasteiger partial charge < -0.3 is 45.2 Å². The Bertz CT molecular complexity index is 1200. The smallest absolute Gasteiger partial charge is 0.186 e. The maximum Gasteiger partial charge on any atom is 0.186 e. The summed E-state index contributed by atoms with van der Waals surface area (Å²) in [5.41, 5.74) is -1.61. The molecule has 3 fully saturated rings. The van der Waals surface area contributed by atoms with Gasteiger partial charge in [0.15, 0.2) is 12.1 Å². The molecule has 44 heavy (non-hydrogen) atoms. The van der Waals surface area contributed by atoms with Crippen LogP contribution in [0.2, 0.25) is 0 Å². The van der Waals surface area contributed by atoms with E-state index in [4.69, 9.17) is 9.47 Å². The molecule has 0 spiro atoms. The number of hydrogen-bond acceptors (Lipinski definition) is 10. The van der Waals surface area contributed by atoms with Crippen LogP contribution in [0.3, 0.4) is 0 Å². The summed E-state index contributed by atoms with van der Waals surface area (Å²) in [6.45, 7) is 10.4. The van der Waals surface area contributed by atoms with Crippen LogP contribution >= 0.6 is 0 Å². The highest BCUT2D eigenvalue weighted by molar-refractivity contribution is 6.01. The molecule has 2 saturated carbocycles. The summed E-state index contributed by atoms with van der Waals surface area (Å²) in [5.74, 6) is -0.114. The van der Waals surface area contributed by atoms with E-state index in [0.29, 0.717) is 6.42 Å². The fraction of sp³-hybridized carbons (Fsp3) is 0.794. The normalized spacial score (nSPS) is 44.9. The number of carbonyl (C=O) groups is 1. The molecule has 1 saturated heterocycles. The summed E-state index contributed by atoms with van der Waals surface area (Å²) in [6.07, 6.45) is 1.80. The molecule has 0 radical (unpaired) electrons. The van der Waals surface area contributed by atoms with Crippen LogP contribution in [0.1, 0.15) is 73.6 Å². The quantitative estimate of drug-likeness (QED) is 0.197. The molecule has 0 bridgehead atoms. The standard InChI is InChI=1S/C34H52O10/c1-17(24(15-34(6,42)31(2,3)41)43-30-29(40)28(39)27(38)25(16-35)44-30)20-7-8-21-26-22(10-12-33(20,21)5)32(4)11-9-19(36)13-18(32)14-23(26)37/h9-11,13,17,20-21,23-30,35,37-42H,7-8,12,14-16H2,1-6H3/t17-,20+,21-,23+,24+,25+,26-,27+,28-,29+,30+,32-,33+,34+/m0/s1. The number of carbonyl (C=O) groups excluding carboxylic acids is 1. The zero-order chi connectivity index (χ0) is 32.6. The number of hydrogen-bond donors (Lipinski definition) is 7. The van der Waals surface area contributed by atoms with Crippen molar-refractivity contribution in [3.63, 3.8) is 0 Å². The van der Waals surface area contributed by atoms with E-state index in [9.17, 15) is 40.5 Å². The van der Waals surface area contributed by atoms with Gasteiger partial charge in [-0.2, -0.15) is 0 Å². The molecule has 5 aliphatic rings.